The van der Waals surface area contributed by atoms with Crippen molar-refractivity contribution in [3.8, 4) is 11.4 Å². The summed E-state index contributed by atoms with van der Waals surface area (Å²) in [5.41, 5.74) is 5.91. The number of rotatable bonds is 7. The quantitative estimate of drug-likeness (QED) is 0.178. The van der Waals surface area contributed by atoms with Gasteiger partial charge in [-0.15, -0.1) is 0 Å². The molecule has 10 heteroatoms. The molecule has 8 nitrogen and oxygen atoms in total. The van der Waals surface area contributed by atoms with Gasteiger partial charge in [0, 0.05) is 78.3 Å². The molecule has 1 fully saturated rings. The van der Waals surface area contributed by atoms with E-state index in [9.17, 15) is 14.7 Å². The van der Waals surface area contributed by atoms with Gasteiger partial charge < -0.3 is 19.5 Å². The van der Waals surface area contributed by atoms with E-state index < -0.39 is 0 Å². The molecular weight excluding hydrogens is 705 g/mol. The van der Waals surface area contributed by atoms with Crippen LogP contribution in [0.5, 0.6) is 5.75 Å². The Morgan fingerprint density at radius 1 is 0.755 bits per heavy atom. The van der Waals surface area contributed by atoms with Crippen molar-refractivity contribution in [3.05, 3.63) is 154 Å². The number of carbonyl (C=O) groups excluding carboxylic acids is 2. The molecule has 0 radical (unpaired) electrons. The van der Waals surface area contributed by atoms with Gasteiger partial charge in [-0.05, 0) is 97.4 Å². The number of aromatic hydroxyl groups is 1. The zero-order valence-corrected chi connectivity index (χ0v) is 30.8. The lowest BCUT2D eigenvalue weighted by molar-refractivity contribution is 0.0536. The summed E-state index contributed by atoms with van der Waals surface area (Å²) >= 11 is 12.9. The number of aromatic nitrogens is 1. The van der Waals surface area contributed by atoms with E-state index in [0.29, 0.717) is 50.2 Å². The molecule has 0 bridgehead atoms. The summed E-state index contributed by atoms with van der Waals surface area (Å²) in [6.07, 6.45) is 2.58. The van der Waals surface area contributed by atoms with Crippen molar-refractivity contribution in [1.29, 1.82) is 0 Å². The van der Waals surface area contributed by atoms with Crippen LogP contribution in [0.4, 0.5) is 11.4 Å². The van der Waals surface area contributed by atoms with Crippen LogP contribution in [0.25, 0.3) is 16.6 Å². The maximum atomic E-state index is 15.0. The smallest absolute Gasteiger partial charge is 0.265 e. The molecule has 53 heavy (non-hydrogen) atoms. The predicted octanol–water partition coefficient (Wildman–Crippen LogP) is 8.44. The minimum Gasteiger partial charge on any atom is -0.508 e. The highest BCUT2D eigenvalue weighted by molar-refractivity contribution is 6.31. The first kappa shape index (κ1) is 34.9. The average Bonchev–Trinajstić information content (AvgIpc) is 3.56. The van der Waals surface area contributed by atoms with Crippen molar-refractivity contribution in [2.75, 3.05) is 44.7 Å². The first-order valence-corrected chi connectivity index (χ1v) is 18.6. The van der Waals surface area contributed by atoms with Crippen molar-refractivity contribution in [2.45, 2.75) is 19.0 Å². The second kappa shape index (κ2) is 14.7. The normalized spacial score (nSPS) is 16.4. The first-order valence-electron chi connectivity index (χ1n) is 17.8. The lowest BCUT2D eigenvalue weighted by atomic mass is 9.92. The van der Waals surface area contributed by atoms with Gasteiger partial charge in [-0.3, -0.25) is 19.4 Å². The summed E-state index contributed by atoms with van der Waals surface area (Å²) < 4.78 is 1.91. The predicted molar refractivity (Wildman–Crippen MR) is 212 cm³/mol. The Hall–Kier alpha value is -5.12. The Kier molecular flexibility index (Phi) is 9.70. The van der Waals surface area contributed by atoms with Crippen molar-refractivity contribution in [1.82, 2.24) is 19.3 Å². The number of phenolic OH excluding ortho intramolecular Hbond substituents is 1. The third-order valence-electron chi connectivity index (χ3n) is 10.5. The number of amides is 2. The minimum absolute atomic E-state index is 0.0128. The van der Waals surface area contributed by atoms with Gasteiger partial charge in [0.2, 0.25) is 0 Å². The summed E-state index contributed by atoms with van der Waals surface area (Å²) in [6, 6.07) is 35.0. The molecule has 1 aromatic heterocycles. The van der Waals surface area contributed by atoms with Gasteiger partial charge in [0.05, 0.1) is 22.3 Å². The summed E-state index contributed by atoms with van der Waals surface area (Å²) in [7, 11) is 2.15. The van der Waals surface area contributed by atoms with Crippen molar-refractivity contribution in [2.24, 2.45) is 0 Å². The largest absolute Gasteiger partial charge is 0.508 e. The number of likely N-dealkylation sites (N-methyl/N-ethyl adjacent to an activating group) is 1. The summed E-state index contributed by atoms with van der Waals surface area (Å²) in [5.74, 6) is -0.277. The zero-order chi connectivity index (χ0) is 36.6. The van der Waals surface area contributed by atoms with Crippen LogP contribution in [0.2, 0.25) is 10.0 Å². The fourth-order valence-corrected chi connectivity index (χ4v) is 7.89. The Morgan fingerprint density at radius 3 is 2.13 bits per heavy atom. The van der Waals surface area contributed by atoms with Crippen molar-refractivity contribution >= 4 is 57.3 Å². The molecule has 0 spiro atoms. The van der Waals surface area contributed by atoms with E-state index in [-0.39, 0.29) is 23.6 Å². The van der Waals surface area contributed by atoms with Crippen molar-refractivity contribution in [3.63, 3.8) is 0 Å². The molecule has 8 rings (SSSR count). The molecule has 0 saturated carbocycles. The van der Waals surface area contributed by atoms with E-state index in [1.165, 1.54) is 5.56 Å². The molecule has 2 aliphatic heterocycles. The van der Waals surface area contributed by atoms with Crippen molar-refractivity contribution < 1.29 is 14.7 Å². The van der Waals surface area contributed by atoms with Gasteiger partial charge in [-0.2, -0.15) is 0 Å². The zero-order valence-electron chi connectivity index (χ0n) is 29.3. The molecule has 3 heterocycles. The SMILES string of the molecule is CN1CCN(C[C@@H]2Cc3ccccc3CN2C(=O)c2ccc(Cl)cc2-n2cc(C(=O)N(c3ccc(O)cc3)c3ccc(Cl)cc3)c3ccccc32)CC1. The highest BCUT2D eigenvalue weighted by atomic mass is 35.5. The fourth-order valence-electron chi connectivity index (χ4n) is 7.60. The van der Waals surface area contributed by atoms with Gasteiger partial charge in [-0.1, -0.05) is 65.7 Å². The molecule has 6 aromatic rings. The monoisotopic (exact) mass is 743 g/mol. The molecule has 1 saturated heterocycles. The number of hydrogen-bond donors (Lipinski definition) is 1. The number of phenols is 1. The number of fused-ring (bicyclic) bond motifs is 2. The number of carbonyl (C=O) groups is 2. The third-order valence-corrected chi connectivity index (χ3v) is 11.0. The van der Waals surface area contributed by atoms with Crippen LogP contribution in [0.3, 0.4) is 0 Å². The molecule has 2 amide bonds. The number of nitrogens with zero attached hydrogens (tertiary/aromatic N) is 5. The minimum atomic E-state index is -0.289. The van der Waals surface area contributed by atoms with Gasteiger partial charge in [0.25, 0.3) is 11.8 Å². The Morgan fingerprint density at radius 2 is 1.40 bits per heavy atom. The number of hydrogen-bond acceptors (Lipinski definition) is 5. The van der Waals surface area contributed by atoms with E-state index in [0.717, 1.165) is 50.2 Å². The van der Waals surface area contributed by atoms with Crippen LogP contribution in [-0.4, -0.2) is 82.0 Å². The van der Waals surface area contributed by atoms with Crippen LogP contribution >= 0.6 is 23.2 Å². The highest BCUT2D eigenvalue weighted by Gasteiger charge is 2.34. The summed E-state index contributed by atoms with van der Waals surface area (Å²) in [5, 5.41) is 11.8. The summed E-state index contributed by atoms with van der Waals surface area (Å²) in [6.45, 7) is 5.23. The molecule has 1 N–H and O–H groups in total. The molecule has 1 atom stereocenters. The molecule has 0 unspecified atom stereocenters. The number of para-hydroxylation sites is 1. The second-order valence-corrected chi connectivity index (χ2v) is 14.8. The van der Waals surface area contributed by atoms with E-state index in [2.05, 4.69) is 35.0 Å². The number of benzene rings is 5. The van der Waals surface area contributed by atoms with E-state index >= 15 is 0 Å². The Balaban J connectivity index is 1.21. The number of piperazine rings is 1. The van der Waals surface area contributed by atoms with Gasteiger partial charge >= 0.3 is 0 Å². The lowest BCUT2D eigenvalue weighted by Crippen LogP contribution is -2.53. The van der Waals surface area contributed by atoms with Gasteiger partial charge in [0.1, 0.15) is 5.75 Å². The van der Waals surface area contributed by atoms with Gasteiger partial charge in [-0.25, -0.2) is 0 Å². The number of halogens is 2. The van der Waals surface area contributed by atoms with Crippen LogP contribution < -0.4 is 4.90 Å². The first-order chi connectivity index (χ1) is 25.7. The van der Waals surface area contributed by atoms with Crippen LogP contribution in [0.15, 0.2) is 121 Å². The lowest BCUT2D eigenvalue weighted by Gasteiger charge is -2.41. The highest BCUT2D eigenvalue weighted by Crippen LogP contribution is 2.35. The second-order valence-electron chi connectivity index (χ2n) is 13.9. The van der Waals surface area contributed by atoms with E-state index in [1.54, 1.807) is 77.8 Å². The van der Waals surface area contributed by atoms with Crippen LogP contribution in [0.1, 0.15) is 31.8 Å². The molecule has 5 aromatic carbocycles. The van der Waals surface area contributed by atoms with Gasteiger partial charge in [0.15, 0.2) is 0 Å². The summed E-state index contributed by atoms with van der Waals surface area (Å²) in [4.78, 5) is 38.2. The Bertz CT molecular complexity index is 2250. The molecule has 0 aliphatic carbocycles. The average molecular weight is 745 g/mol. The van der Waals surface area contributed by atoms with Crippen LogP contribution in [-0.2, 0) is 13.0 Å². The maximum Gasteiger partial charge on any atom is 0.265 e. The molecular formula is C43H39Cl2N5O3. The van der Waals surface area contributed by atoms with E-state index in [1.807, 2.05) is 39.8 Å². The van der Waals surface area contributed by atoms with E-state index in [4.69, 9.17) is 23.2 Å². The topological polar surface area (TPSA) is 72.3 Å². The third kappa shape index (κ3) is 7.03. The molecule has 2 aliphatic rings. The Labute approximate surface area is 319 Å². The fraction of sp³-hybridized carbons (Fsp3) is 0.209. The van der Waals surface area contributed by atoms with Crippen LogP contribution in [0, 0.1) is 0 Å². The maximum absolute atomic E-state index is 15.0. The molecule has 268 valence electrons. The number of anilines is 2. The standard InChI is InChI=1S/C43H39Cl2N5O3/c1-46-20-22-47(23-21-46)27-35-24-29-6-2-3-7-30(29)26-48(35)42(52)38-19-12-32(45)25-41(38)49-28-39(37-8-4-5-9-40(37)49)43(53)50(33-13-10-31(44)11-14-33)34-15-17-36(51)18-16-34/h2-19,25,28,35,51H,20-24,26-27H2,1H3/t35-/m0/s1.